The van der Waals surface area contributed by atoms with E-state index in [-0.39, 0.29) is 11.8 Å². The Morgan fingerprint density at radius 1 is 1.17 bits per heavy atom. The molecule has 0 spiro atoms. The van der Waals surface area contributed by atoms with Crippen LogP contribution in [-0.2, 0) is 9.59 Å². The van der Waals surface area contributed by atoms with Gasteiger partial charge < -0.3 is 10.2 Å². The van der Waals surface area contributed by atoms with Crippen LogP contribution in [0.4, 0.5) is 5.69 Å². The first-order valence-electron chi connectivity index (χ1n) is 7.82. The summed E-state index contributed by atoms with van der Waals surface area (Å²) in [6, 6.07) is 7.65. The predicted octanol–water partition coefficient (Wildman–Crippen LogP) is 3.47. The number of rotatable bonds is 5. The molecule has 120 valence electrons. The van der Waals surface area contributed by atoms with Crippen molar-refractivity contribution < 1.29 is 9.59 Å². The smallest absolute Gasteiger partial charge is 0.264 e. The Labute approximate surface area is 145 Å². The number of carbonyl (C=O) groups is 2. The summed E-state index contributed by atoms with van der Waals surface area (Å²) in [4.78, 5) is 27.2. The summed E-state index contributed by atoms with van der Waals surface area (Å²) in [5.41, 5.74) is 2.21. The molecule has 6 heteroatoms. The zero-order valence-electron chi connectivity index (χ0n) is 12.9. The van der Waals surface area contributed by atoms with Crippen molar-refractivity contribution in [1.82, 2.24) is 5.32 Å². The molecule has 1 aromatic rings. The van der Waals surface area contributed by atoms with Crippen LogP contribution in [0.25, 0.3) is 5.57 Å². The van der Waals surface area contributed by atoms with E-state index in [9.17, 15) is 9.59 Å². The zero-order valence-corrected chi connectivity index (χ0v) is 14.6. The van der Waals surface area contributed by atoms with Crippen LogP contribution in [-0.4, -0.2) is 22.7 Å². The molecule has 1 N–H and O–H groups in total. The molecule has 0 aliphatic carbocycles. The summed E-state index contributed by atoms with van der Waals surface area (Å²) in [6.45, 7) is 2.85. The van der Waals surface area contributed by atoms with Gasteiger partial charge in [0.05, 0.1) is 16.2 Å². The van der Waals surface area contributed by atoms with E-state index < -0.39 is 0 Å². The van der Waals surface area contributed by atoms with Gasteiger partial charge in [-0.3, -0.25) is 9.59 Å². The van der Waals surface area contributed by atoms with E-state index in [1.807, 2.05) is 24.3 Å². The zero-order chi connectivity index (χ0) is 16.4. The predicted molar refractivity (Wildman–Crippen MR) is 98.2 cm³/mol. The molecule has 3 rings (SSSR count). The lowest BCUT2D eigenvalue weighted by Crippen LogP contribution is -2.28. The maximum atomic E-state index is 12.9. The van der Waals surface area contributed by atoms with E-state index in [1.54, 1.807) is 4.90 Å². The molecule has 0 saturated carbocycles. The molecular formula is C17H18N2O2S2. The topological polar surface area (TPSA) is 49.4 Å². The van der Waals surface area contributed by atoms with E-state index in [2.05, 4.69) is 12.2 Å². The van der Waals surface area contributed by atoms with Crippen molar-refractivity contribution in [3.8, 4) is 0 Å². The van der Waals surface area contributed by atoms with Gasteiger partial charge in [0.2, 0.25) is 0 Å². The molecule has 2 heterocycles. The Bertz CT molecular complexity index is 712. The third kappa shape index (κ3) is 3.05. The number of amides is 2. The molecule has 23 heavy (non-hydrogen) atoms. The number of carbonyl (C=O) groups excluding carboxylic acids is 2. The molecule has 1 aromatic carbocycles. The van der Waals surface area contributed by atoms with Gasteiger partial charge in [0.25, 0.3) is 11.8 Å². The largest absolute Gasteiger partial charge is 0.308 e. The quantitative estimate of drug-likeness (QED) is 0.504. The Balaban J connectivity index is 1.94. The highest BCUT2D eigenvalue weighted by Crippen LogP contribution is 2.42. The van der Waals surface area contributed by atoms with Crippen LogP contribution in [0.3, 0.4) is 0 Å². The summed E-state index contributed by atoms with van der Waals surface area (Å²) in [6.07, 6.45) is 4.40. The second-order valence-corrected chi connectivity index (χ2v) is 7.27. The number of hydrogen-bond donors (Lipinski definition) is 1. The Morgan fingerprint density at radius 2 is 1.96 bits per heavy atom. The van der Waals surface area contributed by atoms with E-state index in [0.717, 1.165) is 30.5 Å². The summed E-state index contributed by atoms with van der Waals surface area (Å²) in [7, 11) is 0. The van der Waals surface area contributed by atoms with Gasteiger partial charge in [0.15, 0.2) is 0 Å². The molecule has 0 bridgehead atoms. The van der Waals surface area contributed by atoms with Gasteiger partial charge in [-0.25, -0.2) is 0 Å². The fraction of sp³-hybridized carbons (Fsp3) is 0.353. The Hall–Kier alpha value is -1.66. The van der Waals surface area contributed by atoms with Crippen molar-refractivity contribution in [2.75, 3.05) is 11.4 Å². The molecule has 0 aromatic heterocycles. The first-order chi connectivity index (χ1) is 11.1. The number of anilines is 1. The Kier molecular flexibility index (Phi) is 4.82. The molecule has 1 fully saturated rings. The number of nitrogens with zero attached hydrogens (tertiary/aromatic N) is 1. The van der Waals surface area contributed by atoms with Crippen molar-refractivity contribution >= 4 is 51.4 Å². The molecule has 0 atom stereocenters. The first kappa shape index (κ1) is 16.2. The van der Waals surface area contributed by atoms with Crippen molar-refractivity contribution in [3.63, 3.8) is 0 Å². The summed E-state index contributed by atoms with van der Waals surface area (Å²) < 4.78 is 0.407. The van der Waals surface area contributed by atoms with Gasteiger partial charge >= 0.3 is 0 Å². The number of benzene rings is 1. The molecule has 0 unspecified atom stereocenters. The van der Waals surface area contributed by atoms with Gasteiger partial charge in [-0.1, -0.05) is 68.4 Å². The lowest BCUT2D eigenvalue weighted by Gasteiger charge is -2.16. The van der Waals surface area contributed by atoms with Crippen LogP contribution >= 0.6 is 24.0 Å². The number of thioether (sulfide) groups is 1. The fourth-order valence-corrected chi connectivity index (χ4v) is 4.01. The summed E-state index contributed by atoms with van der Waals surface area (Å²) >= 11 is 6.22. The van der Waals surface area contributed by atoms with Crippen LogP contribution in [0.1, 0.15) is 38.2 Å². The van der Waals surface area contributed by atoms with E-state index in [1.165, 1.54) is 18.2 Å². The average molecular weight is 346 g/mol. The number of para-hydroxylation sites is 1. The average Bonchev–Trinajstić information content (AvgIpc) is 3.00. The number of thiocarbonyl (C=S) groups is 1. The highest BCUT2D eigenvalue weighted by atomic mass is 32.2. The monoisotopic (exact) mass is 346 g/mol. The first-order valence-corrected chi connectivity index (χ1v) is 9.04. The highest BCUT2D eigenvalue weighted by molar-refractivity contribution is 8.27. The number of hydrogen-bond acceptors (Lipinski definition) is 4. The fourth-order valence-electron chi connectivity index (χ4n) is 2.90. The summed E-state index contributed by atoms with van der Waals surface area (Å²) in [5, 5.41) is 2.60. The van der Waals surface area contributed by atoms with Gasteiger partial charge in [0.1, 0.15) is 4.32 Å². The minimum absolute atomic E-state index is 0.0925. The van der Waals surface area contributed by atoms with Crippen LogP contribution in [0.15, 0.2) is 29.2 Å². The van der Waals surface area contributed by atoms with Crippen LogP contribution in [0.2, 0.25) is 0 Å². The molecule has 2 aliphatic heterocycles. The maximum absolute atomic E-state index is 12.9. The van der Waals surface area contributed by atoms with Crippen molar-refractivity contribution in [1.29, 1.82) is 0 Å². The van der Waals surface area contributed by atoms with Crippen molar-refractivity contribution in [2.24, 2.45) is 0 Å². The van der Waals surface area contributed by atoms with Crippen LogP contribution in [0, 0.1) is 0 Å². The molecule has 2 amide bonds. The molecule has 4 nitrogen and oxygen atoms in total. The van der Waals surface area contributed by atoms with E-state index in [0.29, 0.717) is 21.3 Å². The number of nitrogens with one attached hydrogen (secondary N) is 1. The minimum atomic E-state index is -0.272. The standard InChI is InChI=1S/C17H18N2O2S2/c1-2-3-4-7-10-19-12-9-6-5-8-11(12)13(16(19)21)14-15(20)18-17(22)23-14/h5-6,8-9H,2-4,7,10H2,1H3,(H,18,20,22)/b14-13+. The lowest BCUT2D eigenvalue weighted by atomic mass is 10.1. The summed E-state index contributed by atoms with van der Waals surface area (Å²) in [5.74, 6) is -0.365. The van der Waals surface area contributed by atoms with Crippen molar-refractivity contribution in [2.45, 2.75) is 32.6 Å². The molecule has 1 saturated heterocycles. The van der Waals surface area contributed by atoms with Gasteiger partial charge in [-0.15, -0.1) is 0 Å². The third-order valence-electron chi connectivity index (χ3n) is 4.00. The highest BCUT2D eigenvalue weighted by Gasteiger charge is 2.38. The van der Waals surface area contributed by atoms with E-state index >= 15 is 0 Å². The maximum Gasteiger partial charge on any atom is 0.264 e. The Morgan fingerprint density at radius 3 is 2.65 bits per heavy atom. The van der Waals surface area contributed by atoms with Gasteiger partial charge in [0, 0.05) is 12.1 Å². The van der Waals surface area contributed by atoms with Crippen LogP contribution in [0.5, 0.6) is 0 Å². The third-order valence-corrected chi connectivity index (χ3v) is 5.24. The molecular weight excluding hydrogens is 328 g/mol. The van der Waals surface area contributed by atoms with Crippen LogP contribution < -0.4 is 10.2 Å². The van der Waals surface area contributed by atoms with Crippen molar-refractivity contribution in [3.05, 3.63) is 34.7 Å². The normalized spacial score (nSPS) is 20.2. The molecule has 0 radical (unpaired) electrons. The second-order valence-electron chi connectivity index (χ2n) is 5.58. The van der Waals surface area contributed by atoms with Gasteiger partial charge in [-0.2, -0.15) is 0 Å². The number of unbranched alkanes of at least 4 members (excludes halogenated alkanes) is 3. The van der Waals surface area contributed by atoms with E-state index in [4.69, 9.17) is 12.2 Å². The van der Waals surface area contributed by atoms with Gasteiger partial charge in [-0.05, 0) is 12.5 Å². The lowest BCUT2D eigenvalue weighted by molar-refractivity contribution is -0.116. The SMILES string of the molecule is CCCCCCN1C(=O)/C(=C2/SC(=S)NC2=O)c2ccccc21. The number of fused-ring (bicyclic) bond motifs is 1. The second kappa shape index (κ2) is 6.84. The minimum Gasteiger partial charge on any atom is -0.308 e. The molecule has 2 aliphatic rings.